The number of allylic oxidation sites excluding steroid dienone is 18. The van der Waals surface area contributed by atoms with E-state index in [0.717, 1.165) is 116 Å². The van der Waals surface area contributed by atoms with Crippen LogP contribution in [-0.4, -0.2) is 37.2 Å². The summed E-state index contributed by atoms with van der Waals surface area (Å²) in [6.45, 7) is 6.34. The largest absolute Gasteiger partial charge is 0.462 e. The summed E-state index contributed by atoms with van der Waals surface area (Å²) in [5.74, 6) is -0.946. The number of hydrogen-bond donors (Lipinski definition) is 0. The van der Waals surface area contributed by atoms with E-state index in [4.69, 9.17) is 14.2 Å². The lowest BCUT2D eigenvalue weighted by Gasteiger charge is -2.18. The van der Waals surface area contributed by atoms with Gasteiger partial charge in [0, 0.05) is 19.3 Å². The second kappa shape index (κ2) is 60.6. The average Bonchev–Trinajstić information content (AvgIpc) is 3.39. The van der Waals surface area contributed by atoms with Crippen molar-refractivity contribution >= 4 is 17.9 Å². The van der Waals surface area contributed by atoms with Gasteiger partial charge in [-0.2, -0.15) is 0 Å². The van der Waals surface area contributed by atoms with Gasteiger partial charge in [-0.3, -0.25) is 14.4 Å². The van der Waals surface area contributed by atoms with Crippen molar-refractivity contribution in [3.05, 3.63) is 109 Å². The van der Waals surface area contributed by atoms with Crippen molar-refractivity contribution in [1.82, 2.24) is 0 Å². The third kappa shape index (κ3) is 58.8. The normalized spacial score (nSPS) is 12.9. The van der Waals surface area contributed by atoms with Gasteiger partial charge in [-0.1, -0.05) is 252 Å². The van der Waals surface area contributed by atoms with Crippen LogP contribution in [-0.2, 0) is 28.6 Å². The summed E-state index contributed by atoms with van der Waals surface area (Å²) in [5.41, 5.74) is 0. The zero-order valence-corrected chi connectivity index (χ0v) is 47.6. The molecule has 6 heteroatoms. The Labute approximate surface area is 450 Å². The Morgan fingerprint density at radius 2 is 0.534 bits per heavy atom. The molecular formula is C67H112O6. The quantitative estimate of drug-likeness (QED) is 0.0261. The molecule has 0 aliphatic rings. The second-order valence-corrected chi connectivity index (χ2v) is 19.8. The summed E-state index contributed by atoms with van der Waals surface area (Å²) in [6, 6.07) is 0. The van der Waals surface area contributed by atoms with Crippen LogP contribution in [0.25, 0.3) is 0 Å². The van der Waals surface area contributed by atoms with E-state index in [0.29, 0.717) is 19.3 Å². The van der Waals surface area contributed by atoms with Gasteiger partial charge in [0.25, 0.3) is 0 Å². The molecule has 0 aromatic rings. The molecule has 73 heavy (non-hydrogen) atoms. The molecule has 0 aliphatic carbocycles. The van der Waals surface area contributed by atoms with Crippen LogP contribution in [0.15, 0.2) is 109 Å². The van der Waals surface area contributed by atoms with Crippen LogP contribution in [0, 0.1) is 0 Å². The van der Waals surface area contributed by atoms with Crippen molar-refractivity contribution in [1.29, 1.82) is 0 Å². The van der Waals surface area contributed by atoms with Gasteiger partial charge in [0.1, 0.15) is 13.2 Å². The molecule has 1 unspecified atom stereocenters. The molecule has 6 nitrogen and oxygen atoms in total. The monoisotopic (exact) mass is 1010 g/mol. The summed E-state index contributed by atoms with van der Waals surface area (Å²) < 4.78 is 16.8. The molecule has 0 fully saturated rings. The average molecular weight is 1010 g/mol. The van der Waals surface area contributed by atoms with Gasteiger partial charge in [0.05, 0.1) is 0 Å². The lowest BCUT2D eigenvalue weighted by molar-refractivity contribution is -0.167. The number of rotatable bonds is 54. The van der Waals surface area contributed by atoms with Crippen molar-refractivity contribution in [2.75, 3.05) is 13.2 Å². The molecular weight excluding hydrogens is 901 g/mol. The van der Waals surface area contributed by atoms with Crippen molar-refractivity contribution in [2.24, 2.45) is 0 Å². The minimum Gasteiger partial charge on any atom is -0.462 e. The number of ether oxygens (including phenoxy) is 3. The minimum absolute atomic E-state index is 0.0968. The number of carbonyl (C=O) groups excluding carboxylic acids is 3. The van der Waals surface area contributed by atoms with Crippen LogP contribution in [0.3, 0.4) is 0 Å². The molecule has 0 aromatic heterocycles. The third-order valence-corrected chi connectivity index (χ3v) is 12.7. The van der Waals surface area contributed by atoms with Crippen LogP contribution in [0.1, 0.15) is 278 Å². The molecule has 0 spiro atoms. The summed E-state index contributed by atoms with van der Waals surface area (Å²) in [7, 11) is 0. The smallest absolute Gasteiger partial charge is 0.306 e. The van der Waals surface area contributed by atoms with Crippen LogP contribution in [0.2, 0.25) is 0 Å². The Bertz CT molecular complexity index is 1490. The van der Waals surface area contributed by atoms with Gasteiger partial charge in [0.2, 0.25) is 0 Å². The first-order valence-corrected chi connectivity index (χ1v) is 30.4. The highest BCUT2D eigenvalue weighted by Gasteiger charge is 2.19. The molecule has 0 N–H and O–H groups in total. The fourth-order valence-electron chi connectivity index (χ4n) is 8.23. The Morgan fingerprint density at radius 3 is 0.877 bits per heavy atom. The molecule has 0 saturated heterocycles. The van der Waals surface area contributed by atoms with Crippen LogP contribution in [0.5, 0.6) is 0 Å². The van der Waals surface area contributed by atoms with Crippen molar-refractivity contribution in [3.8, 4) is 0 Å². The molecule has 1 atom stereocenters. The lowest BCUT2D eigenvalue weighted by Crippen LogP contribution is -2.30. The molecule has 0 amide bonds. The zero-order chi connectivity index (χ0) is 52.9. The molecule has 0 heterocycles. The lowest BCUT2D eigenvalue weighted by atomic mass is 10.0. The van der Waals surface area contributed by atoms with Gasteiger partial charge in [-0.15, -0.1) is 0 Å². The van der Waals surface area contributed by atoms with Gasteiger partial charge in [-0.05, 0) is 116 Å². The molecule has 0 aromatic carbocycles. The molecule has 0 aliphatic heterocycles. The summed E-state index contributed by atoms with van der Waals surface area (Å²) in [4.78, 5) is 38.1. The first kappa shape index (κ1) is 69.1. The number of hydrogen-bond acceptors (Lipinski definition) is 6. The van der Waals surface area contributed by atoms with Crippen LogP contribution >= 0.6 is 0 Å². The predicted molar refractivity (Wildman–Crippen MR) is 316 cm³/mol. The Morgan fingerprint density at radius 1 is 0.288 bits per heavy atom. The minimum atomic E-state index is -0.803. The predicted octanol–water partition coefficient (Wildman–Crippen LogP) is 20.7. The van der Waals surface area contributed by atoms with Crippen molar-refractivity contribution < 1.29 is 28.6 Å². The Kier molecular flexibility index (Phi) is 57.4. The SMILES string of the molecule is CC/C=C\C/C=C\C/C=C\C/C=C\CCCCCCCCCCCCCCCCCCC(=O)OCC(COC(=O)CCCCCCC/C=C\CCCC)OC(=O)CCCC/C=C\C/C=C\C/C=C\C/C=C\CC. The van der Waals surface area contributed by atoms with E-state index in [2.05, 4.69) is 130 Å². The maximum absolute atomic E-state index is 12.8. The molecule has 416 valence electrons. The van der Waals surface area contributed by atoms with E-state index < -0.39 is 6.10 Å². The fraction of sp³-hybridized carbons (Fsp3) is 0.687. The van der Waals surface area contributed by atoms with Gasteiger partial charge in [-0.25, -0.2) is 0 Å². The first-order chi connectivity index (χ1) is 36.0. The van der Waals surface area contributed by atoms with Crippen LogP contribution < -0.4 is 0 Å². The van der Waals surface area contributed by atoms with Gasteiger partial charge in [0.15, 0.2) is 6.10 Å². The molecule has 0 rings (SSSR count). The second-order valence-electron chi connectivity index (χ2n) is 19.8. The molecule has 0 radical (unpaired) electrons. The van der Waals surface area contributed by atoms with Crippen molar-refractivity contribution in [3.63, 3.8) is 0 Å². The fourth-order valence-corrected chi connectivity index (χ4v) is 8.23. The first-order valence-electron chi connectivity index (χ1n) is 30.4. The highest BCUT2D eigenvalue weighted by molar-refractivity contribution is 5.71. The summed E-state index contributed by atoms with van der Waals surface area (Å²) in [5, 5.41) is 0. The maximum atomic E-state index is 12.8. The number of carbonyl (C=O) groups is 3. The van der Waals surface area contributed by atoms with E-state index in [1.54, 1.807) is 0 Å². The topological polar surface area (TPSA) is 78.9 Å². The highest BCUT2D eigenvalue weighted by atomic mass is 16.6. The van der Waals surface area contributed by atoms with E-state index in [1.165, 1.54) is 116 Å². The van der Waals surface area contributed by atoms with Crippen molar-refractivity contribution in [2.45, 2.75) is 284 Å². The maximum Gasteiger partial charge on any atom is 0.306 e. The molecule has 0 saturated carbocycles. The van der Waals surface area contributed by atoms with E-state index in [1.807, 2.05) is 0 Å². The summed E-state index contributed by atoms with van der Waals surface area (Å²) >= 11 is 0. The Hall–Kier alpha value is -3.93. The third-order valence-electron chi connectivity index (χ3n) is 12.7. The van der Waals surface area contributed by atoms with E-state index in [-0.39, 0.29) is 37.5 Å². The number of unbranched alkanes of at least 4 members (excludes halogenated alkanes) is 25. The number of esters is 3. The van der Waals surface area contributed by atoms with Crippen LogP contribution in [0.4, 0.5) is 0 Å². The Balaban J connectivity index is 4.22. The van der Waals surface area contributed by atoms with E-state index in [9.17, 15) is 14.4 Å². The van der Waals surface area contributed by atoms with Gasteiger partial charge >= 0.3 is 17.9 Å². The summed E-state index contributed by atoms with van der Waals surface area (Å²) in [6.07, 6.45) is 82.5. The van der Waals surface area contributed by atoms with Gasteiger partial charge < -0.3 is 14.2 Å². The standard InChI is InChI=1S/C67H112O6/c1-4-7-10-13-16-19-22-24-26-27-28-29-30-31-32-33-34-35-36-37-38-39-41-42-45-48-51-54-57-60-66(69)72-63-64(62-71-65(68)59-56-53-50-47-44-21-18-15-12-9-6-3)73-67(70)61-58-55-52-49-46-43-40-25-23-20-17-14-11-8-5-2/h7-8,10-11,15-20,24-26,28-29,40,46,49,64H,4-6,9,12-14,21-23,27,30-39,41-45,47-48,50-63H2,1-3H3/b10-7-,11-8-,18-15-,19-16-,20-17-,26-24-,29-28-,40-25-,49-46-. The zero-order valence-electron chi connectivity index (χ0n) is 47.6. The highest BCUT2D eigenvalue weighted by Crippen LogP contribution is 2.16. The van der Waals surface area contributed by atoms with E-state index >= 15 is 0 Å². The molecule has 0 bridgehead atoms.